The molecule has 0 spiro atoms. The lowest BCUT2D eigenvalue weighted by Gasteiger charge is -2.27. The van der Waals surface area contributed by atoms with Gasteiger partial charge in [0.25, 0.3) is 0 Å². The van der Waals surface area contributed by atoms with E-state index in [-0.39, 0.29) is 17.7 Å². The average molecular weight is 282 g/mol. The summed E-state index contributed by atoms with van der Waals surface area (Å²) in [7, 11) is 1.42. The van der Waals surface area contributed by atoms with Crippen LogP contribution in [0.5, 0.6) is 5.75 Å². The first-order chi connectivity index (χ1) is 9.31. The van der Waals surface area contributed by atoms with Crippen LogP contribution in [0, 0.1) is 5.82 Å². The van der Waals surface area contributed by atoms with Crippen molar-refractivity contribution in [2.24, 2.45) is 0 Å². The monoisotopic (exact) mass is 282 g/mol. The van der Waals surface area contributed by atoms with Crippen molar-refractivity contribution in [1.82, 2.24) is 10.6 Å². The maximum Gasteiger partial charge on any atom is 0.240 e. The van der Waals surface area contributed by atoms with Crippen molar-refractivity contribution < 1.29 is 13.9 Å². The fraction of sp³-hybridized carbons (Fsp3) is 0.533. The molecule has 1 unspecified atom stereocenters. The molecular formula is C15H23FN2O2. The highest BCUT2D eigenvalue weighted by Crippen LogP contribution is 2.22. The fourth-order valence-electron chi connectivity index (χ4n) is 1.93. The van der Waals surface area contributed by atoms with Crippen molar-refractivity contribution >= 4 is 5.91 Å². The number of nitrogens with one attached hydrogen (secondary N) is 2. The third kappa shape index (κ3) is 3.93. The standard InChI is InChI=1S/C15H23FN2O2/c1-6-17-15(3,4)14(19)18-10(2)11-7-8-13(20-5)12(16)9-11/h7-10,17H,6H2,1-5H3,(H,18,19). The highest BCUT2D eigenvalue weighted by atomic mass is 19.1. The molecule has 1 aromatic rings. The topological polar surface area (TPSA) is 50.4 Å². The van der Waals surface area contributed by atoms with E-state index in [1.54, 1.807) is 12.1 Å². The minimum Gasteiger partial charge on any atom is -0.494 e. The van der Waals surface area contributed by atoms with Gasteiger partial charge in [0.1, 0.15) is 0 Å². The van der Waals surface area contributed by atoms with Crippen LogP contribution < -0.4 is 15.4 Å². The van der Waals surface area contributed by atoms with E-state index in [1.165, 1.54) is 13.2 Å². The second-order valence-electron chi connectivity index (χ2n) is 5.24. The minimum atomic E-state index is -0.659. The Morgan fingerprint density at radius 2 is 2.10 bits per heavy atom. The molecule has 0 aliphatic carbocycles. The third-order valence-corrected chi connectivity index (χ3v) is 3.21. The van der Waals surface area contributed by atoms with Crippen LogP contribution in [0.1, 0.15) is 39.3 Å². The number of amides is 1. The lowest BCUT2D eigenvalue weighted by Crippen LogP contribution is -2.52. The Kier molecular flexibility index (Phi) is 5.51. The summed E-state index contributed by atoms with van der Waals surface area (Å²) < 4.78 is 18.5. The summed E-state index contributed by atoms with van der Waals surface area (Å²) in [5, 5.41) is 5.98. The fourth-order valence-corrected chi connectivity index (χ4v) is 1.93. The molecule has 0 aliphatic heterocycles. The second kappa shape index (κ2) is 6.70. The van der Waals surface area contributed by atoms with Crippen molar-refractivity contribution in [3.8, 4) is 5.75 Å². The van der Waals surface area contributed by atoms with Gasteiger partial charge >= 0.3 is 0 Å². The van der Waals surface area contributed by atoms with Gasteiger partial charge in [-0.2, -0.15) is 0 Å². The Bertz CT molecular complexity index is 475. The second-order valence-corrected chi connectivity index (χ2v) is 5.24. The molecule has 2 N–H and O–H groups in total. The summed E-state index contributed by atoms with van der Waals surface area (Å²) in [4.78, 5) is 12.2. The van der Waals surface area contributed by atoms with Crippen LogP contribution in [0.4, 0.5) is 4.39 Å². The first kappa shape index (κ1) is 16.4. The van der Waals surface area contributed by atoms with Gasteiger partial charge in [-0.3, -0.25) is 4.79 Å². The molecule has 0 bridgehead atoms. The predicted octanol–water partition coefficient (Wildman–Crippen LogP) is 2.40. The van der Waals surface area contributed by atoms with Crippen molar-refractivity contribution in [3.63, 3.8) is 0 Å². The number of halogens is 1. The number of likely N-dealkylation sites (N-methyl/N-ethyl adjacent to an activating group) is 1. The van der Waals surface area contributed by atoms with Crippen molar-refractivity contribution in [3.05, 3.63) is 29.6 Å². The quantitative estimate of drug-likeness (QED) is 0.842. The number of hydrogen-bond acceptors (Lipinski definition) is 3. The number of hydrogen-bond donors (Lipinski definition) is 2. The van der Waals surface area contributed by atoms with Crippen molar-refractivity contribution in [2.45, 2.75) is 39.3 Å². The largest absolute Gasteiger partial charge is 0.494 e. The van der Waals surface area contributed by atoms with Gasteiger partial charge in [-0.25, -0.2) is 4.39 Å². The van der Waals surface area contributed by atoms with Gasteiger partial charge in [-0.1, -0.05) is 13.0 Å². The van der Waals surface area contributed by atoms with Gasteiger partial charge in [-0.05, 0) is 45.0 Å². The molecule has 0 aliphatic rings. The van der Waals surface area contributed by atoms with E-state index in [0.717, 1.165) is 0 Å². The Morgan fingerprint density at radius 3 is 2.60 bits per heavy atom. The molecule has 0 heterocycles. The van der Waals surface area contributed by atoms with Crippen LogP contribution >= 0.6 is 0 Å². The average Bonchev–Trinajstić information content (AvgIpc) is 2.38. The van der Waals surface area contributed by atoms with Gasteiger partial charge in [0.05, 0.1) is 18.7 Å². The number of ether oxygens (including phenoxy) is 1. The summed E-state index contributed by atoms with van der Waals surface area (Å²) >= 11 is 0. The lowest BCUT2D eigenvalue weighted by atomic mass is 10.0. The molecular weight excluding hydrogens is 259 g/mol. The van der Waals surface area contributed by atoms with Gasteiger partial charge < -0.3 is 15.4 Å². The van der Waals surface area contributed by atoms with Crippen LogP contribution in [0.3, 0.4) is 0 Å². The Morgan fingerprint density at radius 1 is 1.45 bits per heavy atom. The minimum absolute atomic E-state index is 0.122. The maximum atomic E-state index is 13.7. The summed E-state index contributed by atoms with van der Waals surface area (Å²) in [6.45, 7) is 8.09. The smallest absolute Gasteiger partial charge is 0.240 e. The van der Waals surface area contributed by atoms with Crippen molar-refractivity contribution in [1.29, 1.82) is 0 Å². The first-order valence-corrected chi connectivity index (χ1v) is 6.71. The third-order valence-electron chi connectivity index (χ3n) is 3.21. The van der Waals surface area contributed by atoms with E-state index in [2.05, 4.69) is 10.6 Å². The number of rotatable bonds is 6. The number of methoxy groups -OCH3 is 1. The number of benzene rings is 1. The van der Waals surface area contributed by atoms with E-state index < -0.39 is 11.4 Å². The van der Waals surface area contributed by atoms with Crippen molar-refractivity contribution in [2.75, 3.05) is 13.7 Å². The molecule has 0 aromatic heterocycles. The predicted molar refractivity (Wildman–Crippen MR) is 77.3 cm³/mol. The zero-order chi connectivity index (χ0) is 15.3. The summed E-state index contributed by atoms with van der Waals surface area (Å²) in [6, 6.07) is 4.40. The molecule has 1 atom stereocenters. The van der Waals surface area contributed by atoms with E-state index in [9.17, 15) is 9.18 Å². The molecule has 4 nitrogen and oxygen atoms in total. The normalized spacial score (nSPS) is 12.9. The molecule has 1 amide bonds. The summed E-state index contributed by atoms with van der Waals surface area (Å²) in [5.74, 6) is -0.361. The highest BCUT2D eigenvalue weighted by molar-refractivity contribution is 5.85. The van der Waals surface area contributed by atoms with Crippen LogP contribution in [0.25, 0.3) is 0 Å². The van der Waals surface area contributed by atoms with Gasteiger partial charge in [0.2, 0.25) is 5.91 Å². The van der Waals surface area contributed by atoms with E-state index in [1.807, 2.05) is 27.7 Å². The van der Waals surface area contributed by atoms with Crippen LogP contribution in [-0.4, -0.2) is 25.1 Å². The lowest BCUT2D eigenvalue weighted by molar-refractivity contribution is -0.127. The molecule has 1 aromatic carbocycles. The van der Waals surface area contributed by atoms with E-state index in [0.29, 0.717) is 12.1 Å². The molecule has 20 heavy (non-hydrogen) atoms. The van der Waals surface area contributed by atoms with E-state index >= 15 is 0 Å². The van der Waals surface area contributed by atoms with Gasteiger partial charge in [-0.15, -0.1) is 0 Å². The molecule has 0 saturated heterocycles. The summed E-state index contributed by atoms with van der Waals surface area (Å²) in [6.07, 6.45) is 0. The SMILES string of the molecule is CCNC(C)(C)C(=O)NC(C)c1ccc(OC)c(F)c1. The van der Waals surface area contributed by atoms with Crippen LogP contribution in [0.15, 0.2) is 18.2 Å². The van der Waals surface area contributed by atoms with Gasteiger partial charge in [0, 0.05) is 0 Å². The number of carbonyl (C=O) groups is 1. The highest BCUT2D eigenvalue weighted by Gasteiger charge is 2.27. The van der Waals surface area contributed by atoms with Crippen LogP contribution in [-0.2, 0) is 4.79 Å². The maximum absolute atomic E-state index is 13.7. The Hall–Kier alpha value is -1.62. The molecule has 1 rings (SSSR count). The number of carbonyl (C=O) groups excluding carboxylic acids is 1. The zero-order valence-electron chi connectivity index (χ0n) is 12.7. The molecule has 0 radical (unpaired) electrons. The Labute approximate surface area is 119 Å². The van der Waals surface area contributed by atoms with Crippen LogP contribution in [0.2, 0.25) is 0 Å². The molecule has 0 saturated carbocycles. The van der Waals surface area contributed by atoms with E-state index in [4.69, 9.17) is 4.74 Å². The Balaban J connectivity index is 2.78. The first-order valence-electron chi connectivity index (χ1n) is 6.71. The summed E-state index contributed by atoms with van der Waals surface area (Å²) in [5.41, 5.74) is 0.0394. The molecule has 112 valence electrons. The molecule has 5 heteroatoms. The molecule has 0 fully saturated rings. The van der Waals surface area contributed by atoms with Gasteiger partial charge in [0.15, 0.2) is 11.6 Å². The zero-order valence-corrected chi connectivity index (χ0v) is 12.7.